The van der Waals surface area contributed by atoms with Crippen LogP contribution in [0.5, 0.6) is 23.0 Å². The van der Waals surface area contributed by atoms with E-state index in [9.17, 15) is 4.79 Å². The highest BCUT2D eigenvalue weighted by molar-refractivity contribution is 9.10. The Morgan fingerprint density at radius 3 is 2.74 bits per heavy atom. The fourth-order valence-corrected chi connectivity index (χ4v) is 2.22. The summed E-state index contributed by atoms with van der Waals surface area (Å²) in [5.74, 6) is 2.65. The van der Waals surface area contributed by atoms with Crippen LogP contribution in [0.25, 0.3) is 0 Å². The van der Waals surface area contributed by atoms with E-state index < -0.39 is 0 Å². The van der Waals surface area contributed by atoms with Crippen LogP contribution >= 0.6 is 15.9 Å². The van der Waals surface area contributed by atoms with Gasteiger partial charge in [-0.1, -0.05) is 0 Å². The van der Waals surface area contributed by atoms with Gasteiger partial charge < -0.3 is 14.2 Å². The molecular formula is C14H9BrO4. The van der Waals surface area contributed by atoms with Crippen LogP contribution in [-0.2, 0) is 0 Å². The van der Waals surface area contributed by atoms with Gasteiger partial charge in [0.05, 0.1) is 4.47 Å². The SMILES string of the molecule is O=Cc1ccc(Oc2ccc3c(c2)OCO3)c(Br)c1. The van der Waals surface area contributed by atoms with Gasteiger partial charge in [-0.25, -0.2) is 0 Å². The van der Waals surface area contributed by atoms with Gasteiger partial charge in [0.15, 0.2) is 11.5 Å². The highest BCUT2D eigenvalue weighted by Crippen LogP contribution is 2.38. The molecule has 19 heavy (non-hydrogen) atoms. The lowest BCUT2D eigenvalue weighted by molar-refractivity contribution is 0.112. The fraction of sp³-hybridized carbons (Fsp3) is 0.0714. The van der Waals surface area contributed by atoms with E-state index in [1.54, 1.807) is 36.4 Å². The number of carbonyl (C=O) groups is 1. The molecule has 0 aromatic heterocycles. The molecule has 3 rings (SSSR count). The molecule has 0 amide bonds. The number of halogens is 1. The maximum atomic E-state index is 10.7. The van der Waals surface area contributed by atoms with E-state index in [1.807, 2.05) is 0 Å². The number of carbonyl (C=O) groups excluding carboxylic acids is 1. The van der Waals surface area contributed by atoms with Crippen LogP contribution in [0.3, 0.4) is 0 Å². The Morgan fingerprint density at radius 2 is 1.95 bits per heavy atom. The number of rotatable bonds is 3. The quantitative estimate of drug-likeness (QED) is 0.807. The third kappa shape index (κ3) is 2.42. The van der Waals surface area contributed by atoms with Gasteiger partial charge in [-0.3, -0.25) is 4.79 Å². The van der Waals surface area contributed by atoms with Crippen LogP contribution in [0.15, 0.2) is 40.9 Å². The summed E-state index contributed by atoms with van der Waals surface area (Å²) in [5, 5.41) is 0. The van der Waals surface area contributed by atoms with Crippen LogP contribution < -0.4 is 14.2 Å². The van der Waals surface area contributed by atoms with E-state index in [0.717, 1.165) is 10.8 Å². The minimum atomic E-state index is 0.233. The fourth-order valence-electron chi connectivity index (χ4n) is 1.74. The molecule has 0 aliphatic carbocycles. The van der Waals surface area contributed by atoms with Crippen molar-refractivity contribution in [3.8, 4) is 23.0 Å². The zero-order valence-corrected chi connectivity index (χ0v) is 11.3. The monoisotopic (exact) mass is 320 g/mol. The molecule has 1 aliphatic heterocycles. The molecule has 0 fully saturated rings. The normalized spacial score (nSPS) is 12.3. The Balaban J connectivity index is 1.87. The van der Waals surface area contributed by atoms with Gasteiger partial charge in [-0.15, -0.1) is 0 Å². The van der Waals surface area contributed by atoms with Crippen molar-refractivity contribution in [1.82, 2.24) is 0 Å². The Labute approximate surface area is 118 Å². The number of hydrogen-bond acceptors (Lipinski definition) is 4. The first-order valence-corrected chi connectivity index (χ1v) is 6.38. The predicted octanol–water partition coefficient (Wildman–Crippen LogP) is 3.78. The van der Waals surface area contributed by atoms with Crippen molar-refractivity contribution in [2.24, 2.45) is 0 Å². The number of aldehydes is 1. The lowest BCUT2D eigenvalue weighted by Gasteiger charge is -2.08. The maximum Gasteiger partial charge on any atom is 0.231 e. The van der Waals surface area contributed by atoms with Crippen molar-refractivity contribution < 1.29 is 19.0 Å². The molecule has 1 heterocycles. The molecule has 1 aliphatic rings. The van der Waals surface area contributed by atoms with Crippen LogP contribution in [-0.4, -0.2) is 13.1 Å². The summed E-state index contributed by atoms with van der Waals surface area (Å²) in [7, 11) is 0. The Hall–Kier alpha value is -2.01. The summed E-state index contributed by atoms with van der Waals surface area (Å²) in [6.45, 7) is 0.233. The lowest BCUT2D eigenvalue weighted by atomic mass is 10.2. The molecular weight excluding hydrogens is 312 g/mol. The van der Waals surface area contributed by atoms with Crippen molar-refractivity contribution in [3.63, 3.8) is 0 Å². The number of benzene rings is 2. The van der Waals surface area contributed by atoms with E-state index in [1.165, 1.54) is 0 Å². The molecule has 0 saturated carbocycles. The van der Waals surface area contributed by atoms with Crippen molar-refractivity contribution in [3.05, 3.63) is 46.4 Å². The van der Waals surface area contributed by atoms with Crippen LogP contribution in [0.1, 0.15) is 10.4 Å². The molecule has 0 saturated heterocycles. The zero-order valence-electron chi connectivity index (χ0n) is 9.76. The van der Waals surface area contributed by atoms with Crippen LogP contribution in [0, 0.1) is 0 Å². The van der Waals surface area contributed by atoms with Gasteiger partial charge in [0.2, 0.25) is 6.79 Å². The largest absolute Gasteiger partial charge is 0.456 e. The summed E-state index contributed by atoms with van der Waals surface area (Å²) < 4.78 is 17.0. The summed E-state index contributed by atoms with van der Waals surface area (Å²) in [6.07, 6.45) is 0.787. The van der Waals surface area contributed by atoms with Gasteiger partial charge in [0, 0.05) is 11.6 Å². The number of ether oxygens (including phenoxy) is 3. The van der Waals surface area contributed by atoms with Crippen LogP contribution in [0.4, 0.5) is 0 Å². The Bertz CT molecular complexity index is 639. The summed E-state index contributed by atoms with van der Waals surface area (Å²) in [6, 6.07) is 10.5. The van der Waals surface area contributed by atoms with E-state index in [-0.39, 0.29) is 6.79 Å². The maximum absolute atomic E-state index is 10.7. The molecule has 4 nitrogen and oxygen atoms in total. The molecule has 0 atom stereocenters. The highest BCUT2D eigenvalue weighted by Gasteiger charge is 2.14. The van der Waals surface area contributed by atoms with Gasteiger partial charge in [-0.2, -0.15) is 0 Å². The molecule has 96 valence electrons. The summed E-state index contributed by atoms with van der Waals surface area (Å²) in [5.41, 5.74) is 0.588. The molecule has 0 unspecified atom stereocenters. The average Bonchev–Trinajstić information content (AvgIpc) is 2.88. The lowest BCUT2D eigenvalue weighted by Crippen LogP contribution is -1.92. The Morgan fingerprint density at radius 1 is 1.11 bits per heavy atom. The van der Waals surface area contributed by atoms with Crippen molar-refractivity contribution >= 4 is 22.2 Å². The number of hydrogen-bond donors (Lipinski definition) is 0. The number of fused-ring (bicyclic) bond motifs is 1. The molecule has 5 heteroatoms. The van der Waals surface area contributed by atoms with Gasteiger partial charge >= 0.3 is 0 Å². The second-order valence-electron chi connectivity index (χ2n) is 3.92. The standard InChI is InChI=1S/C14H9BrO4/c15-11-5-9(7-16)1-3-12(11)19-10-2-4-13-14(6-10)18-8-17-13/h1-7H,8H2. The topological polar surface area (TPSA) is 44.8 Å². The molecule has 0 radical (unpaired) electrons. The van der Waals surface area contributed by atoms with Crippen LogP contribution in [0.2, 0.25) is 0 Å². The van der Waals surface area contributed by atoms with E-state index in [2.05, 4.69) is 15.9 Å². The average molecular weight is 321 g/mol. The van der Waals surface area contributed by atoms with E-state index >= 15 is 0 Å². The summed E-state index contributed by atoms with van der Waals surface area (Å²) >= 11 is 3.37. The zero-order chi connectivity index (χ0) is 13.2. The van der Waals surface area contributed by atoms with Crippen molar-refractivity contribution in [1.29, 1.82) is 0 Å². The molecule has 0 spiro atoms. The van der Waals surface area contributed by atoms with Crippen molar-refractivity contribution in [2.75, 3.05) is 6.79 Å². The smallest absolute Gasteiger partial charge is 0.231 e. The van der Waals surface area contributed by atoms with Gasteiger partial charge in [0.25, 0.3) is 0 Å². The minimum absolute atomic E-state index is 0.233. The second kappa shape index (κ2) is 4.93. The first-order chi connectivity index (χ1) is 9.26. The van der Waals surface area contributed by atoms with Gasteiger partial charge in [-0.05, 0) is 46.3 Å². The van der Waals surface area contributed by atoms with E-state index in [4.69, 9.17) is 14.2 Å². The van der Waals surface area contributed by atoms with Gasteiger partial charge in [0.1, 0.15) is 17.8 Å². The van der Waals surface area contributed by atoms with Crippen molar-refractivity contribution in [2.45, 2.75) is 0 Å². The first-order valence-electron chi connectivity index (χ1n) is 5.58. The van der Waals surface area contributed by atoms with E-state index in [0.29, 0.717) is 28.6 Å². The molecule has 0 N–H and O–H groups in total. The third-order valence-corrected chi connectivity index (χ3v) is 3.28. The third-order valence-electron chi connectivity index (χ3n) is 2.66. The molecule has 2 aromatic rings. The predicted molar refractivity (Wildman–Crippen MR) is 72.2 cm³/mol. The minimum Gasteiger partial charge on any atom is -0.456 e. The highest BCUT2D eigenvalue weighted by atomic mass is 79.9. The summed E-state index contributed by atoms with van der Waals surface area (Å²) in [4.78, 5) is 10.7. The second-order valence-corrected chi connectivity index (χ2v) is 4.78. The molecule has 2 aromatic carbocycles. The first kappa shape index (κ1) is 12.0. The Kier molecular flexibility index (Phi) is 3.13. The molecule has 0 bridgehead atoms.